The van der Waals surface area contributed by atoms with Crippen molar-refractivity contribution in [3.8, 4) is 0 Å². The maximum Gasteiger partial charge on any atom is 0.309 e. The number of carbonyl (C=O) groups excluding carboxylic acids is 3. The number of aliphatic hydroxyl groups excluding tert-OH is 1. The summed E-state index contributed by atoms with van der Waals surface area (Å²) < 4.78 is 11.7. The third-order valence-corrected chi connectivity index (χ3v) is 6.96. The molecule has 0 aliphatic carbocycles. The van der Waals surface area contributed by atoms with E-state index in [9.17, 15) is 19.5 Å². The van der Waals surface area contributed by atoms with E-state index in [-0.39, 0.29) is 49.8 Å². The van der Waals surface area contributed by atoms with Gasteiger partial charge in [0.2, 0.25) is 11.8 Å². The fourth-order valence-corrected chi connectivity index (χ4v) is 4.73. The van der Waals surface area contributed by atoms with Gasteiger partial charge in [-0.05, 0) is 50.2 Å². The second kappa shape index (κ2) is 19.4. The van der Waals surface area contributed by atoms with Crippen LogP contribution >= 0.6 is 0 Å². The lowest BCUT2D eigenvalue weighted by molar-refractivity contribution is -0.158. The maximum absolute atomic E-state index is 13.7. The number of esters is 1. The van der Waals surface area contributed by atoms with Crippen molar-refractivity contribution >= 4 is 17.8 Å². The maximum atomic E-state index is 13.7. The Morgan fingerprint density at radius 2 is 1.62 bits per heavy atom. The highest BCUT2D eigenvalue weighted by molar-refractivity contribution is 5.86. The molecule has 0 heterocycles. The Labute approximate surface area is 250 Å². The van der Waals surface area contributed by atoms with E-state index in [2.05, 4.69) is 23.8 Å². The number of amides is 2. The van der Waals surface area contributed by atoms with Gasteiger partial charge in [-0.1, -0.05) is 72.8 Å². The summed E-state index contributed by atoms with van der Waals surface area (Å²) in [5, 5.41) is 14.9. The third-order valence-electron chi connectivity index (χ3n) is 6.96. The number of aliphatic hydroxyl groups is 1. The minimum Gasteiger partial charge on any atom is -0.455 e. The molecule has 0 saturated carbocycles. The fraction of sp³-hybridized carbons (Fsp3) is 0.441. The molecule has 2 amide bonds. The number of hydrogen-bond donors (Lipinski definition) is 3. The SMILES string of the molecule is C=CCCC[C@H](Cc1ccccc1)C(=O)O[C@@H](c1ccccc1)[C@H](COC)NC(=O)[C@H](CC=C)CC(=O)N[C@H](C)CO. The average molecular weight is 579 g/mol. The Hall–Kier alpha value is -3.75. The molecule has 0 aromatic heterocycles. The monoisotopic (exact) mass is 578 g/mol. The minimum atomic E-state index is -0.826. The Balaban J connectivity index is 2.31. The van der Waals surface area contributed by atoms with Gasteiger partial charge < -0.3 is 25.2 Å². The van der Waals surface area contributed by atoms with E-state index in [0.717, 1.165) is 18.4 Å². The van der Waals surface area contributed by atoms with Crippen LogP contribution in [0.5, 0.6) is 0 Å². The molecule has 0 radical (unpaired) electrons. The highest BCUT2D eigenvalue weighted by Gasteiger charge is 2.33. The zero-order chi connectivity index (χ0) is 30.7. The Morgan fingerprint density at radius 1 is 0.952 bits per heavy atom. The molecule has 2 aromatic rings. The molecule has 0 spiro atoms. The summed E-state index contributed by atoms with van der Waals surface area (Å²) in [7, 11) is 1.52. The van der Waals surface area contributed by atoms with Crippen LogP contribution in [-0.4, -0.2) is 55.3 Å². The third kappa shape index (κ3) is 12.0. The van der Waals surface area contributed by atoms with Gasteiger partial charge in [0.1, 0.15) is 6.10 Å². The summed E-state index contributed by atoms with van der Waals surface area (Å²) in [5.74, 6) is -2.18. The quantitative estimate of drug-likeness (QED) is 0.119. The highest BCUT2D eigenvalue weighted by atomic mass is 16.5. The lowest BCUT2D eigenvalue weighted by atomic mass is 9.93. The number of unbranched alkanes of at least 4 members (excludes halogenated alkanes) is 1. The second-order valence-corrected chi connectivity index (χ2v) is 10.5. The standard InChI is InChI=1S/C34H46N2O6/c1-5-7-10-20-29(21-26-16-11-8-12-17-26)34(40)42-32(27-18-13-9-14-19-27)30(24-41-4)36-33(39)28(15-6-2)22-31(38)35-25(3)23-37/h5-6,8-9,11-14,16-19,25,28-30,32,37H,1-2,7,10,15,20-24H2,3-4H3,(H,35,38)(H,36,39)/t25-,28-,29-,30+,32+/m1/s1. The van der Waals surface area contributed by atoms with Crippen molar-refractivity contribution in [2.75, 3.05) is 20.3 Å². The Morgan fingerprint density at radius 3 is 2.21 bits per heavy atom. The van der Waals surface area contributed by atoms with Crippen molar-refractivity contribution in [2.45, 2.75) is 63.6 Å². The number of benzene rings is 2. The van der Waals surface area contributed by atoms with Gasteiger partial charge in [0, 0.05) is 19.6 Å². The van der Waals surface area contributed by atoms with Gasteiger partial charge in [-0.25, -0.2) is 0 Å². The van der Waals surface area contributed by atoms with Crippen molar-refractivity contribution in [3.63, 3.8) is 0 Å². The summed E-state index contributed by atoms with van der Waals surface area (Å²) in [4.78, 5) is 39.7. The van der Waals surface area contributed by atoms with E-state index in [1.165, 1.54) is 7.11 Å². The summed E-state index contributed by atoms with van der Waals surface area (Å²) in [6, 6.07) is 17.9. The van der Waals surface area contributed by atoms with Crippen LogP contribution in [0, 0.1) is 11.8 Å². The van der Waals surface area contributed by atoms with E-state index in [4.69, 9.17) is 9.47 Å². The number of methoxy groups -OCH3 is 1. The van der Waals surface area contributed by atoms with Crippen LogP contribution in [0.3, 0.4) is 0 Å². The fourth-order valence-electron chi connectivity index (χ4n) is 4.73. The molecule has 42 heavy (non-hydrogen) atoms. The predicted octanol–water partition coefficient (Wildman–Crippen LogP) is 4.70. The largest absolute Gasteiger partial charge is 0.455 e. The molecular formula is C34H46N2O6. The number of ether oxygens (including phenoxy) is 2. The normalized spacial score (nSPS) is 14.5. The number of rotatable bonds is 20. The van der Waals surface area contributed by atoms with E-state index in [1.807, 2.05) is 66.7 Å². The molecule has 5 atom stereocenters. The molecule has 0 aliphatic rings. The van der Waals surface area contributed by atoms with Crippen LogP contribution in [0.1, 0.15) is 56.3 Å². The van der Waals surface area contributed by atoms with Crippen LogP contribution in [-0.2, 0) is 30.3 Å². The van der Waals surface area contributed by atoms with Gasteiger partial charge in [-0.2, -0.15) is 0 Å². The van der Waals surface area contributed by atoms with Gasteiger partial charge in [0.15, 0.2) is 0 Å². The summed E-state index contributed by atoms with van der Waals surface area (Å²) in [6.07, 6.45) is 5.53. The topological polar surface area (TPSA) is 114 Å². The summed E-state index contributed by atoms with van der Waals surface area (Å²) >= 11 is 0. The van der Waals surface area contributed by atoms with Crippen molar-refractivity contribution in [1.29, 1.82) is 0 Å². The molecule has 2 aromatic carbocycles. The lowest BCUT2D eigenvalue weighted by Gasteiger charge is -2.30. The molecule has 8 nitrogen and oxygen atoms in total. The predicted molar refractivity (Wildman–Crippen MR) is 164 cm³/mol. The van der Waals surface area contributed by atoms with Crippen LogP contribution in [0.2, 0.25) is 0 Å². The van der Waals surface area contributed by atoms with Gasteiger partial charge >= 0.3 is 5.97 Å². The molecule has 0 bridgehead atoms. The first-order valence-corrected chi connectivity index (χ1v) is 14.5. The number of hydrogen-bond acceptors (Lipinski definition) is 6. The van der Waals surface area contributed by atoms with E-state index in [0.29, 0.717) is 18.4 Å². The molecule has 0 fully saturated rings. The zero-order valence-electron chi connectivity index (χ0n) is 24.9. The molecule has 0 unspecified atom stereocenters. The molecular weight excluding hydrogens is 532 g/mol. The Bertz CT molecular complexity index is 1110. The van der Waals surface area contributed by atoms with Crippen molar-refractivity contribution in [3.05, 3.63) is 97.1 Å². The smallest absolute Gasteiger partial charge is 0.309 e. The minimum absolute atomic E-state index is 0.0763. The number of carbonyl (C=O) groups is 3. The summed E-state index contributed by atoms with van der Waals surface area (Å²) in [5.41, 5.74) is 1.75. The molecule has 228 valence electrons. The molecule has 2 rings (SSSR count). The second-order valence-electron chi connectivity index (χ2n) is 10.5. The van der Waals surface area contributed by atoms with Crippen molar-refractivity contribution in [2.24, 2.45) is 11.8 Å². The highest BCUT2D eigenvalue weighted by Crippen LogP contribution is 2.27. The van der Waals surface area contributed by atoms with Crippen molar-refractivity contribution < 1.29 is 29.0 Å². The summed E-state index contributed by atoms with van der Waals surface area (Å²) in [6.45, 7) is 9.08. The Kier molecular flexibility index (Phi) is 15.9. The van der Waals surface area contributed by atoms with Crippen LogP contribution in [0.4, 0.5) is 0 Å². The molecule has 0 aliphatic heterocycles. The average Bonchev–Trinajstić information content (AvgIpc) is 2.99. The lowest BCUT2D eigenvalue weighted by Crippen LogP contribution is -2.47. The van der Waals surface area contributed by atoms with E-state index in [1.54, 1.807) is 13.0 Å². The molecule has 0 saturated heterocycles. The van der Waals surface area contributed by atoms with Gasteiger partial charge in [0.05, 0.1) is 31.1 Å². The van der Waals surface area contributed by atoms with E-state index >= 15 is 0 Å². The molecule has 3 N–H and O–H groups in total. The molecule has 8 heteroatoms. The van der Waals surface area contributed by atoms with Crippen LogP contribution < -0.4 is 10.6 Å². The number of allylic oxidation sites excluding steroid dienone is 2. The van der Waals surface area contributed by atoms with Gasteiger partial charge in [-0.15, -0.1) is 13.2 Å². The zero-order valence-corrected chi connectivity index (χ0v) is 24.9. The van der Waals surface area contributed by atoms with Gasteiger partial charge in [0.25, 0.3) is 0 Å². The first-order chi connectivity index (χ1) is 20.3. The first-order valence-electron chi connectivity index (χ1n) is 14.5. The first kappa shape index (κ1) is 34.5. The number of nitrogens with one attached hydrogen (secondary N) is 2. The van der Waals surface area contributed by atoms with Crippen molar-refractivity contribution in [1.82, 2.24) is 10.6 Å². The van der Waals surface area contributed by atoms with Gasteiger partial charge in [-0.3, -0.25) is 14.4 Å². The van der Waals surface area contributed by atoms with E-state index < -0.39 is 24.1 Å². The van der Waals surface area contributed by atoms with Crippen LogP contribution in [0.15, 0.2) is 86.0 Å². The van der Waals surface area contributed by atoms with Crippen LogP contribution in [0.25, 0.3) is 0 Å².